The average Bonchev–Trinajstić information content (AvgIpc) is 2.53. The standard InChI is InChI=1S/C17H21N3O2/c1-4-20(12-14-7-9-18-10-8-14)17(21)19-15-11-13(2)5-6-16(15)22-3/h5-11H,4,12H2,1-3H3,(H,19,21). The van der Waals surface area contributed by atoms with Gasteiger partial charge in [-0.1, -0.05) is 6.07 Å². The van der Waals surface area contributed by atoms with Gasteiger partial charge in [-0.25, -0.2) is 4.79 Å². The molecule has 0 aliphatic carbocycles. The number of aromatic nitrogens is 1. The molecular weight excluding hydrogens is 278 g/mol. The van der Waals surface area contributed by atoms with Crippen molar-refractivity contribution in [2.75, 3.05) is 19.0 Å². The molecule has 1 heterocycles. The van der Waals surface area contributed by atoms with Crippen LogP contribution in [0.5, 0.6) is 5.75 Å². The van der Waals surface area contributed by atoms with Crippen LogP contribution in [0, 0.1) is 6.92 Å². The SMILES string of the molecule is CCN(Cc1ccncc1)C(=O)Nc1cc(C)ccc1OC. The van der Waals surface area contributed by atoms with Gasteiger partial charge in [0.15, 0.2) is 0 Å². The number of ether oxygens (including phenoxy) is 1. The molecule has 0 atom stereocenters. The van der Waals surface area contributed by atoms with Crippen LogP contribution in [0.4, 0.5) is 10.5 Å². The van der Waals surface area contributed by atoms with Gasteiger partial charge in [0.1, 0.15) is 5.75 Å². The zero-order chi connectivity index (χ0) is 15.9. The third-order valence-electron chi connectivity index (χ3n) is 3.39. The number of pyridine rings is 1. The van der Waals surface area contributed by atoms with Crippen LogP contribution in [0.15, 0.2) is 42.7 Å². The molecule has 2 aromatic rings. The molecule has 22 heavy (non-hydrogen) atoms. The number of rotatable bonds is 5. The molecule has 5 heteroatoms. The number of hydrogen-bond acceptors (Lipinski definition) is 3. The first-order chi connectivity index (χ1) is 10.6. The van der Waals surface area contributed by atoms with Crippen molar-refractivity contribution in [1.29, 1.82) is 0 Å². The number of nitrogens with zero attached hydrogens (tertiary/aromatic N) is 2. The molecule has 1 aromatic heterocycles. The van der Waals surface area contributed by atoms with E-state index >= 15 is 0 Å². The van der Waals surface area contributed by atoms with Crippen LogP contribution in [0.1, 0.15) is 18.1 Å². The van der Waals surface area contributed by atoms with Crippen LogP contribution in [0.25, 0.3) is 0 Å². The fraction of sp³-hybridized carbons (Fsp3) is 0.294. The van der Waals surface area contributed by atoms with Gasteiger partial charge >= 0.3 is 6.03 Å². The van der Waals surface area contributed by atoms with E-state index in [0.717, 1.165) is 11.1 Å². The minimum atomic E-state index is -0.150. The lowest BCUT2D eigenvalue weighted by molar-refractivity contribution is 0.212. The molecule has 0 fully saturated rings. The first kappa shape index (κ1) is 15.8. The number of amides is 2. The molecule has 0 saturated heterocycles. The molecule has 5 nitrogen and oxygen atoms in total. The maximum Gasteiger partial charge on any atom is 0.322 e. The van der Waals surface area contributed by atoms with E-state index < -0.39 is 0 Å². The second-order valence-electron chi connectivity index (χ2n) is 5.00. The van der Waals surface area contributed by atoms with Crippen molar-refractivity contribution in [2.45, 2.75) is 20.4 Å². The molecule has 2 amide bonds. The molecule has 1 N–H and O–H groups in total. The van der Waals surface area contributed by atoms with E-state index in [1.54, 1.807) is 24.4 Å². The summed E-state index contributed by atoms with van der Waals surface area (Å²) in [4.78, 5) is 18.2. The molecule has 0 spiro atoms. The van der Waals surface area contributed by atoms with Crippen LogP contribution in [0.3, 0.4) is 0 Å². The Labute approximate surface area is 130 Å². The highest BCUT2D eigenvalue weighted by Crippen LogP contribution is 2.25. The summed E-state index contributed by atoms with van der Waals surface area (Å²) in [6.07, 6.45) is 3.45. The zero-order valence-corrected chi connectivity index (χ0v) is 13.2. The van der Waals surface area contributed by atoms with Gasteiger partial charge in [-0.3, -0.25) is 4.98 Å². The fourth-order valence-electron chi connectivity index (χ4n) is 2.15. The Hall–Kier alpha value is -2.56. The number of carbonyl (C=O) groups excluding carboxylic acids is 1. The summed E-state index contributed by atoms with van der Waals surface area (Å²) in [5.41, 5.74) is 2.79. The van der Waals surface area contributed by atoms with Gasteiger partial charge in [0, 0.05) is 25.5 Å². The summed E-state index contributed by atoms with van der Waals surface area (Å²) in [5.74, 6) is 0.652. The maximum atomic E-state index is 12.5. The minimum absolute atomic E-state index is 0.150. The van der Waals surface area contributed by atoms with E-state index in [4.69, 9.17) is 4.74 Å². The number of anilines is 1. The second kappa shape index (κ2) is 7.45. The number of methoxy groups -OCH3 is 1. The summed E-state index contributed by atoms with van der Waals surface area (Å²) in [7, 11) is 1.59. The number of urea groups is 1. The van der Waals surface area contributed by atoms with Gasteiger partial charge in [-0.2, -0.15) is 0 Å². The highest BCUT2D eigenvalue weighted by molar-refractivity contribution is 5.91. The van der Waals surface area contributed by atoms with Gasteiger partial charge in [-0.05, 0) is 49.2 Å². The van der Waals surface area contributed by atoms with Crippen molar-refractivity contribution in [1.82, 2.24) is 9.88 Å². The Morgan fingerprint density at radius 2 is 2.00 bits per heavy atom. The second-order valence-corrected chi connectivity index (χ2v) is 5.00. The molecule has 1 aromatic carbocycles. The van der Waals surface area contributed by atoms with Crippen molar-refractivity contribution in [3.63, 3.8) is 0 Å². The smallest absolute Gasteiger partial charge is 0.322 e. The molecule has 0 bridgehead atoms. The Morgan fingerprint density at radius 3 is 2.64 bits per heavy atom. The summed E-state index contributed by atoms with van der Waals surface area (Å²) in [6, 6.07) is 9.36. The van der Waals surface area contributed by atoms with E-state index in [0.29, 0.717) is 24.5 Å². The first-order valence-corrected chi connectivity index (χ1v) is 7.23. The lowest BCUT2D eigenvalue weighted by Crippen LogP contribution is -2.34. The summed E-state index contributed by atoms with van der Waals surface area (Å²) >= 11 is 0. The van der Waals surface area contributed by atoms with E-state index in [9.17, 15) is 4.79 Å². The predicted molar refractivity (Wildman–Crippen MR) is 87.1 cm³/mol. The van der Waals surface area contributed by atoms with Crippen LogP contribution < -0.4 is 10.1 Å². The molecule has 0 unspecified atom stereocenters. The van der Waals surface area contributed by atoms with Crippen molar-refractivity contribution in [2.24, 2.45) is 0 Å². The van der Waals surface area contributed by atoms with Crippen LogP contribution in [-0.2, 0) is 6.54 Å². The molecule has 0 aliphatic rings. The summed E-state index contributed by atoms with van der Waals surface area (Å²) < 4.78 is 5.29. The van der Waals surface area contributed by atoms with Gasteiger partial charge in [0.2, 0.25) is 0 Å². The monoisotopic (exact) mass is 299 g/mol. The Kier molecular flexibility index (Phi) is 5.36. The fourth-order valence-corrected chi connectivity index (χ4v) is 2.15. The predicted octanol–water partition coefficient (Wildman–Crippen LogP) is 3.45. The van der Waals surface area contributed by atoms with Crippen molar-refractivity contribution in [3.05, 3.63) is 53.9 Å². The van der Waals surface area contributed by atoms with Gasteiger partial charge in [0.05, 0.1) is 12.8 Å². The molecular formula is C17H21N3O2. The van der Waals surface area contributed by atoms with E-state index in [1.807, 2.05) is 44.2 Å². The largest absolute Gasteiger partial charge is 0.495 e. The summed E-state index contributed by atoms with van der Waals surface area (Å²) in [5, 5.41) is 2.92. The summed E-state index contributed by atoms with van der Waals surface area (Å²) in [6.45, 7) is 5.08. The lowest BCUT2D eigenvalue weighted by atomic mass is 10.2. The number of benzene rings is 1. The number of carbonyl (C=O) groups is 1. The first-order valence-electron chi connectivity index (χ1n) is 7.23. The lowest BCUT2D eigenvalue weighted by Gasteiger charge is -2.22. The molecule has 2 rings (SSSR count). The third-order valence-corrected chi connectivity index (χ3v) is 3.39. The zero-order valence-electron chi connectivity index (χ0n) is 13.2. The van der Waals surface area contributed by atoms with E-state index in [-0.39, 0.29) is 6.03 Å². The van der Waals surface area contributed by atoms with E-state index in [1.165, 1.54) is 0 Å². The van der Waals surface area contributed by atoms with Crippen LogP contribution in [-0.4, -0.2) is 29.6 Å². The van der Waals surface area contributed by atoms with Crippen LogP contribution in [0.2, 0.25) is 0 Å². The Morgan fingerprint density at radius 1 is 1.27 bits per heavy atom. The number of nitrogens with one attached hydrogen (secondary N) is 1. The maximum absolute atomic E-state index is 12.5. The van der Waals surface area contributed by atoms with Gasteiger partial charge < -0.3 is 15.0 Å². The molecule has 0 radical (unpaired) electrons. The van der Waals surface area contributed by atoms with Crippen LogP contribution >= 0.6 is 0 Å². The Balaban J connectivity index is 2.11. The van der Waals surface area contributed by atoms with Gasteiger partial charge in [0.25, 0.3) is 0 Å². The van der Waals surface area contributed by atoms with Crippen molar-refractivity contribution < 1.29 is 9.53 Å². The molecule has 0 aliphatic heterocycles. The highest BCUT2D eigenvalue weighted by atomic mass is 16.5. The number of hydrogen-bond donors (Lipinski definition) is 1. The topological polar surface area (TPSA) is 54.5 Å². The number of aryl methyl sites for hydroxylation is 1. The Bertz CT molecular complexity index is 629. The van der Waals surface area contributed by atoms with E-state index in [2.05, 4.69) is 10.3 Å². The quantitative estimate of drug-likeness (QED) is 0.920. The highest BCUT2D eigenvalue weighted by Gasteiger charge is 2.14. The minimum Gasteiger partial charge on any atom is -0.495 e. The van der Waals surface area contributed by atoms with Gasteiger partial charge in [-0.15, -0.1) is 0 Å². The molecule has 116 valence electrons. The molecule has 0 saturated carbocycles. The van der Waals surface area contributed by atoms with Crippen molar-refractivity contribution >= 4 is 11.7 Å². The third kappa shape index (κ3) is 3.97. The normalized spacial score (nSPS) is 10.1. The average molecular weight is 299 g/mol. The van der Waals surface area contributed by atoms with Crippen molar-refractivity contribution in [3.8, 4) is 5.75 Å².